The summed E-state index contributed by atoms with van der Waals surface area (Å²) >= 11 is 0. The molecule has 2 aromatic rings. The molecule has 25 heavy (non-hydrogen) atoms. The Morgan fingerprint density at radius 2 is 2.00 bits per heavy atom. The topological polar surface area (TPSA) is 75.0 Å². The molecule has 0 bridgehead atoms. The van der Waals surface area contributed by atoms with Crippen LogP contribution in [0.3, 0.4) is 0 Å². The highest BCUT2D eigenvalue weighted by molar-refractivity contribution is 5.96. The smallest absolute Gasteiger partial charge is 0.277 e. The maximum atomic E-state index is 12.8. The van der Waals surface area contributed by atoms with Crippen molar-refractivity contribution < 1.29 is 14.6 Å². The van der Waals surface area contributed by atoms with Crippen LogP contribution in [0.25, 0.3) is 0 Å². The number of pyridine rings is 1. The molecule has 7 nitrogen and oxygen atoms in total. The van der Waals surface area contributed by atoms with Gasteiger partial charge in [-0.15, -0.1) is 0 Å². The van der Waals surface area contributed by atoms with Crippen LogP contribution in [0.4, 0.5) is 0 Å². The molecule has 3 heterocycles. The summed E-state index contributed by atoms with van der Waals surface area (Å²) in [5.74, 6) is -0.218. The minimum absolute atomic E-state index is 0.0369. The number of nitrogens with zero attached hydrogens (tertiary/aromatic N) is 3. The zero-order chi connectivity index (χ0) is 17.6. The third kappa shape index (κ3) is 2.47. The van der Waals surface area contributed by atoms with E-state index in [4.69, 9.17) is 4.74 Å². The molecule has 130 valence electrons. The van der Waals surface area contributed by atoms with Crippen molar-refractivity contribution in [3.05, 3.63) is 63.6 Å². The number of aliphatic hydroxyl groups excluding tert-OH is 1. The highest BCUT2D eigenvalue weighted by Gasteiger charge is 2.40. The summed E-state index contributed by atoms with van der Waals surface area (Å²) in [6.07, 6.45) is -0.792. The van der Waals surface area contributed by atoms with Crippen molar-refractivity contribution in [1.82, 2.24) is 9.58 Å². The highest BCUT2D eigenvalue weighted by Crippen LogP contribution is 2.31. The second-order valence-corrected chi connectivity index (χ2v) is 6.20. The molecule has 4 rings (SSSR count). The van der Waals surface area contributed by atoms with Gasteiger partial charge in [-0.1, -0.05) is 30.3 Å². The molecule has 1 N–H and O–H groups in total. The lowest BCUT2D eigenvalue weighted by atomic mass is 10.2. The van der Waals surface area contributed by atoms with Crippen LogP contribution in [0.2, 0.25) is 0 Å². The summed E-state index contributed by atoms with van der Waals surface area (Å²) in [7, 11) is 0. The zero-order valence-corrected chi connectivity index (χ0v) is 13.9. The van der Waals surface area contributed by atoms with Crippen molar-refractivity contribution >= 4 is 5.91 Å². The van der Waals surface area contributed by atoms with Gasteiger partial charge in [0.25, 0.3) is 5.91 Å². The van der Waals surface area contributed by atoms with Gasteiger partial charge in [0.15, 0.2) is 11.4 Å². The Hall–Kier alpha value is -2.80. The fourth-order valence-corrected chi connectivity index (χ4v) is 3.35. The molecule has 0 saturated carbocycles. The SMILES string of the molecule is CCN1CN2CC(O)c3cc(=O)c(OCc4ccccc4)c(n32)C1=O. The summed E-state index contributed by atoms with van der Waals surface area (Å²) in [6, 6.07) is 10.8. The van der Waals surface area contributed by atoms with Gasteiger partial charge in [-0.2, -0.15) is 0 Å². The molecule has 1 atom stereocenters. The van der Waals surface area contributed by atoms with Gasteiger partial charge in [0, 0.05) is 12.6 Å². The first-order chi connectivity index (χ1) is 12.1. The zero-order valence-electron chi connectivity index (χ0n) is 13.9. The number of carbonyl (C=O) groups is 1. The number of carbonyl (C=O) groups excluding carboxylic acids is 1. The minimum atomic E-state index is -0.792. The van der Waals surface area contributed by atoms with E-state index < -0.39 is 6.10 Å². The van der Waals surface area contributed by atoms with Gasteiger partial charge < -0.3 is 14.7 Å². The van der Waals surface area contributed by atoms with Gasteiger partial charge in [-0.3, -0.25) is 14.6 Å². The fraction of sp³-hybridized carbons (Fsp3) is 0.333. The summed E-state index contributed by atoms with van der Waals surface area (Å²) in [5, 5.41) is 12.1. The number of hydrogen-bond acceptors (Lipinski definition) is 5. The average Bonchev–Trinajstić information content (AvgIpc) is 2.93. The second kappa shape index (κ2) is 5.93. The normalized spacial score (nSPS) is 18.5. The van der Waals surface area contributed by atoms with Crippen LogP contribution in [0.5, 0.6) is 5.75 Å². The van der Waals surface area contributed by atoms with Gasteiger partial charge in [0.2, 0.25) is 5.43 Å². The van der Waals surface area contributed by atoms with Crippen molar-refractivity contribution in [3.63, 3.8) is 0 Å². The Morgan fingerprint density at radius 3 is 2.72 bits per heavy atom. The van der Waals surface area contributed by atoms with Crippen LogP contribution in [-0.4, -0.2) is 40.3 Å². The first-order valence-corrected chi connectivity index (χ1v) is 8.29. The van der Waals surface area contributed by atoms with Crippen LogP contribution in [0, 0.1) is 0 Å². The molecule has 2 aliphatic heterocycles. The molecular formula is C18H19N3O4. The van der Waals surface area contributed by atoms with Crippen molar-refractivity contribution in [3.8, 4) is 5.75 Å². The van der Waals surface area contributed by atoms with E-state index >= 15 is 0 Å². The summed E-state index contributed by atoms with van der Waals surface area (Å²) in [4.78, 5) is 27.0. The fourth-order valence-electron chi connectivity index (χ4n) is 3.35. The quantitative estimate of drug-likeness (QED) is 0.892. The maximum absolute atomic E-state index is 12.8. The Kier molecular flexibility index (Phi) is 3.73. The summed E-state index contributed by atoms with van der Waals surface area (Å²) in [5.41, 5.74) is 1.16. The maximum Gasteiger partial charge on any atom is 0.277 e. The molecule has 2 aliphatic rings. The molecule has 7 heteroatoms. The van der Waals surface area contributed by atoms with E-state index in [0.29, 0.717) is 25.5 Å². The van der Waals surface area contributed by atoms with Crippen LogP contribution in [-0.2, 0) is 6.61 Å². The standard InChI is InChI=1S/C18H19N3O4/c1-2-19-11-20-9-15(23)13-8-14(22)17(16(18(19)24)21(13)20)25-10-12-6-4-3-5-7-12/h3-8,15,23H,2,9-11H2,1H3. The minimum Gasteiger partial charge on any atom is -0.482 e. The predicted molar refractivity (Wildman–Crippen MR) is 91.1 cm³/mol. The van der Waals surface area contributed by atoms with Crippen LogP contribution >= 0.6 is 0 Å². The lowest BCUT2D eigenvalue weighted by Gasteiger charge is -2.36. The molecule has 1 unspecified atom stereocenters. The van der Waals surface area contributed by atoms with E-state index in [-0.39, 0.29) is 29.4 Å². The lowest BCUT2D eigenvalue weighted by molar-refractivity contribution is 0.0698. The average molecular weight is 341 g/mol. The van der Waals surface area contributed by atoms with E-state index in [1.54, 1.807) is 9.58 Å². The van der Waals surface area contributed by atoms with Crippen molar-refractivity contribution in [2.24, 2.45) is 0 Å². The van der Waals surface area contributed by atoms with Gasteiger partial charge >= 0.3 is 0 Å². The van der Waals surface area contributed by atoms with Gasteiger partial charge in [-0.25, -0.2) is 4.68 Å². The Balaban J connectivity index is 1.79. The van der Waals surface area contributed by atoms with Crippen molar-refractivity contribution in [2.75, 3.05) is 24.8 Å². The number of rotatable bonds is 4. The monoisotopic (exact) mass is 341 g/mol. The predicted octanol–water partition coefficient (Wildman–Crippen LogP) is 0.845. The van der Waals surface area contributed by atoms with Crippen molar-refractivity contribution in [1.29, 1.82) is 0 Å². The highest BCUT2D eigenvalue weighted by atomic mass is 16.5. The van der Waals surface area contributed by atoms with Gasteiger partial charge in [0.05, 0.1) is 12.2 Å². The van der Waals surface area contributed by atoms with E-state index in [9.17, 15) is 14.7 Å². The number of benzene rings is 1. The van der Waals surface area contributed by atoms with Gasteiger partial charge in [0.1, 0.15) is 19.4 Å². The summed E-state index contributed by atoms with van der Waals surface area (Å²) < 4.78 is 7.40. The first kappa shape index (κ1) is 15.7. The number of hydrogen-bond donors (Lipinski definition) is 1. The molecule has 1 aromatic carbocycles. The molecular weight excluding hydrogens is 322 g/mol. The van der Waals surface area contributed by atoms with E-state index in [1.165, 1.54) is 6.07 Å². The van der Waals surface area contributed by atoms with Crippen LogP contribution < -0.4 is 15.2 Å². The molecule has 0 fully saturated rings. The Labute approximate surface area is 144 Å². The molecule has 0 spiro atoms. The number of aromatic nitrogens is 1. The molecule has 1 aromatic heterocycles. The van der Waals surface area contributed by atoms with Crippen LogP contribution in [0.15, 0.2) is 41.2 Å². The first-order valence-electron chi connectivity index (χ1n) is 8.29. The third-order valence-electron chi connectivity index (χ3n) is 4.61. The van der Waals surface area contributed by atoms with Crippen molar-refractivity contribution in [2.45, 2.75) is 19.6 Å². The van der Waals surface area contributed by atoms with Crippen LogP contribution in [0.1, 0.15) is 34.8 Å². The third-order valence-corrected chi connectivity index (χ3v) is 4.61. The van der Waals surface area contributed by atoms with E-state index in [0.717, 1.165) is 5.56 Å². The molecule has 0 radical (unpaired) electrons. The Morgan fingerprint density at radius 1 is 1.24 bits per heavy atom. The number of aliphatic hydroxyl groups is 1. The summed E-state index contributed by atoms with van der Waals surface area (Å²) in [6.45, 7) is 3.32. The molecule has 0 aliphatic carbocycles. The Bertz CT molecular complexity index is 878. The second-order valence-electron chi connectivity index (χ2n) is 6.20. The molecule has 0 saturated heterocycles. The lowest BCUT2D eigenvalue weighted by Crippen LogP contribution is -2.52. The van der Waals surface area contributed by atoms with E-state index in [2.05, 4.69) is 0 Å². The number of ether oxygens (including phenoxy) is 1. The number of amides is 1. The van der Waals surface area contributed by atoms with Gasteiger partial charge in [-0.05, 0) is 12.5 Å². The largest absolute Gasteiger partial charge is 0.482 e. The van der Waals surface area contributed by atoms with E-state index in [1.807, 2.05) is 42.3 Å². The molecule has 1 amide bonds.